The van der Waals surface area contributed by atoms with Crippen LogP contribution in [0.15, 0.2) is 79.4 Å². The lowest BCUT2D eigenvalue weighted by molar-refractivity contribution is -0.124. The largest absolute Gasteiger partial charge is 0.497 e. The first-order chi connectivity index (χ1) is 17.0. The van der Waals surface area contributed by atoms with E-state index in [4.69, 9.17) is 4.74 Å². The SMILES string of the molecule is COc1ccc2cn(C[C@@]3(c4ccc(-c5ccc6nccn6c5)cc4)NC(=O)NC3=O)c(O)c2c1. The van der Waals surface area contributed by atoms with Gasteiger partial charge in [0.05, 0.1) is 13.7 Å². The molecule has 1 fully saturated rings. The number of pyridine rings is 1. The molecule has 174 valence electrons. The number of aromatic nitrogens is 3. The number of methoxy groups -OCH3 is 1. The highest BCUT2D eigenvalue weighted by Crippen LogP contribution is 2.35. The lowest BCUT2D eigenvalue weighted by Crippen LogP contribution is -2.47. The van der Waals surface area contributed by atoms with E-state index in [2.05, 4.69) is 15.6 Å². The fourth-order valence-corrected chi connectivity index (χ4v) is 4.66. The molecule has 35 heavy (non-hydrogen) atoms. The number of nitrogens with one attached hydrogen (secondary N) is 2. The second kappa shape index (κ2) is 7.63. The number of rotatable bonds is 5. The molecule has 1 atom stereocenters. The van der Waals surface area contributed by atoms with E-state index < -0.39 is 17.5 Å². The normalized spacial score (nSPS) is 17.6. The van der Waals surface area contributed by atoms with Crippen molar-refractivity contribution in [1.82, 2.24) is 24.6 Å². The van der Waals surface area contributed by atoms with Crippen molar-refractivity contribution in [2.45, 2.75) is 12.1 Å². The third-order valence-corrected chi connectivity index (χ3v) is 6.52. The van der Waals surface area contributed by atoms with Crippen molar-refractivity contribution >= 4 is 28.4 Å². The number of aromatic hydroxyl groups is 1. The Morgan fingerprint density at radius 2 is 1.83 bits per heavy atom. The number of ether oxygens (including phenoxy) is 1. The molecular weight excluding hydrogens is 446 g/mol. The molecule has 0 bridgehead atoms. The first-order valence-corrected chi connectivity index (χ1v) is 11.0. The van der Waals surface area contributed by atoms with E-state index in [0.29, 0.717) is 16.7 Å². The van der Waals surface area contributed by atoms with Crippen molar-refractivity contribution in [3.8, 4) is 22.8 Å². The second-order valence-electron chi connectivity index (χ2n) is 8.54. The van der Waals surface area contributed by atoms with Gasteiger partial charge in [-0.15, -0.1) is 0 Å². The van der Waals surface area contributed by atoms with Crippen LogP contribution >= 0.6 is 0 Å². The average Bonchev–Trinajstić information content (AvgIpc) is 3.55. The molecule has 9 heteroatoms. The molecule has 1 aliphatic rings. The van der Waals surface area contributed by atoms with Crippen LogP contribution in [0.3, 0.4) is 0 Å². The molecule has 6 rings (SSSR count). The third-order valence-electron chi connectivity index (χ3n) is 6.52. The molecule has 3 aromatic heterocycles. The molecule has 1 aliphatic heterocycles. The summed E-state index contributed by atoms with van der Waals surface area (Å²) < 4.78 is 8.76. The monoisotopic (exact) mass is 467 g/mol. The Hall–Kier alpha value is -4.79. The molecule has 5 aromatic rings. The Bertz CT molecular complexity index is 1620. The van der Waals surface area contributed by atoms with E-state index in [0.717, 1.165) is 22.2 Å². The van der Waals surface area contributed by atoms with Crippen molar-refractivity contribution in [2.75, 3.05) is 7.11 Å². The van der Waals surface area contributed by atoms with Crippen LogP contribution in [0.5, 0.6) is 11.6 Å². The fraction of sp³-hybridized carbons (Fsp3) is 0.115. The van der Waals surface area contributed by atoms with Gasteiger partial charge in [-0.3, -0.25) is 10.1 Å². The van der Waals surface area contributed by atoms with Gasteiger partial charge in [0, 0.05) is 35.6 Å². The van der Waals surface area contributed by atoms with Crippen LogP contribution in [0.2, 0.25) is 0 Å². The highest BCUT2D eigenvalue weighted by atomic mass is 16.5. The lowest BCUT2D eigenvalue weighted by atomic mass is 9.88. The first-order valence-electron chi connectivity index (χ1n) is 11.0. The summed E-state index contributed by atoms with van der Waals surface area (Å²) >= 11 is 0. The van der Waals surface area contributed by atoms with Gasteiger partial charge in [-0.1, -0.05) is 24.3 Å². The summed E-state index contributed by atoms with van der Waals surface area (Å²) in [5.41, 5.74) is 2.00. The highest BCUT2D eigenvalue weighted by molar-refractivity contribution is 6.07. The van der Waals surface area contributed by atoms with Crippen LogP contribution in [0.1, 0.15) is 5.56 Å². The molecule has 1 saturated heterocycles. The molecule has 0 saturated carbocycles. The van der Waals surface area contributed by atoms with Crippen LogP contribution < -0.4 is 15.4 Å². The number of hydrogen-bond donors (Lipinski definition) is 3. The summed E-state index contributed by atoms with van der Waals surface area (Å²) in [4.78, 5) is 29.6. The van der Waals surface area contributed by atoms with Crippen molar-refractivity contribution in [1.29, 1.82) is 0 Å². The zero-order valence-electron chi connectivity index (χ0n) is 18.7. The predicted molar refractivity (Wildman–Crippen MR) is 129 cm³/mol. The minimum Gasteiger partial charge on any atom is -0.497 e. The number of fused-ring (bicyclic) bond motifs is 2. The van der Waals surface area contributed by atoms with Crippen molar-refractivity contribution in [3.05, 3.63) is 84.9 Å². The number of benzene rings is 2. The number of amides is 3. The predicted octanol–water partition coefficient (Wildman–Crippen LogP) is 3.41. The Labute approximate surface area is 199 Å². The van der Waals surface area contributed by atoms with Crippen LogP contribution in [0, 0.1) is 0 Å². The van der Waals surface area contributed by atoms with E-state index in [9.17, 15) is 14.7 Å². The van der Waals surface area contributed by atoms with Crippen molar-refractivity contribution < 1.29 is 19.4 Å². The summed E-state index contributed by atoms with van der Waals surface area (Å²) in [6.07, 6.45) is 7.35. The molecule has 0 unspecified atom stereocenters. The van der Waals surface area contributed by atoms with E-state index in [1.165, 1.54) is 0 Å². The van der Waals surface area contributed by atoms with E-state index in [-0.39, 0.29) is 12.4 Å². The maximum atomic E-state index is 13.1. The van der Waals surface area contributed by atoms with E-state index in [1.54, 1.807) is 36.2 Å². The zero-order valence-corrected chi connectivity index (χ0v) is 18.7. The second-order valence-corrected chi connectivity index (χ2v) is 8.54. The Morgan fingerprint density at radius 3 is 2.57 bits per heavy atom. The number of carbonyl (C=O) groups excluding carboxylic acids is 2. The molecule has 0 radical (unpaired) electrons. The standard InChI is InChI=1S/C26H21N5O4/c1-35-20-8-4-18-14-31(23(32)21(18)12-20)15-26(24(33)28-25(34)29-26)19-6-2-16(3-7-19)17-5-9-22-27-10-11-30(22)13-17/h2-14,32H,15H2,1H3,(H2,28,29,33,34)/t26-/m0/s1. The van der Waals surface area contributed by atoms with Gasteiger partial charge in [0.2, 0.25) is 0 Å². The lowest BCUT2D eigenvalue weighted by Gasteiger charge is -2.27. The van der Waals surface area contributed by atoms with Gasteiger partial charge < -0.3 is 24.1 Å². The van der Waals surface area contributed by atoms with Gasteiger partial charge >= 0.3 is 6.03 Å². The number of carbonyl (C=O) groups is 2. The summed E-state index contributed by atoms with van der Waals surface area (Å²) in [7, 11) is 1.56. The summed E-state index contributed by atoms with van der Waals surface area (Å²) in [5, 5.41) is 17.4. The maximum absolute atomic E-state index is 13.1. The first kappa shape index (κ1) is 20.8. The Balaban J connectivity index is 1.40. The number of imide groups is 1. The molecule has 3 N–H and O–H groups in total. The van der Waals surface area contributed by atoms with Crippen LogP contribution in [0.4, 0.5) is 4.79 Å². The molecule has 3 amide bonds. The van der Waals surface area contributed by atoms with Crippen LogP contribution in [0.25, 0.3) is 27.5 Å². The van der Waals surface area contributed by atoms with Crippen molar-refractivity contribution in [2.24, 2.45) is 0 Å². The van der Waals surface area contributed by atoms with Crippen LogP contribution in [-0.2, 0) is 16.9 Å². The third kappa shape index (κ3) is 3.28. The van der Waals surface area contributed by atoms with E-state index >= 15 is 0 Å². The van der Waals surface area contributed by atoms with Gasteiger partial charge in [0.15, 0.2) is 11.4 Å². The minimum atomic E-state index is -1.39. The minimum absolute atomic E-state index is 0.00768. The van der Waals surface area contributed by atoms with Gasteiger partial charge in [0.25, 0.3) is 5.91 Å². The van der Waals surface area contributed by atoms with Crippen LogP contribution in [-0.4, -0.2) is 38.1 Å². The maximum Gasteiger partial charge on any atom is 0.322 e. The average molecular weight is 467 g/mol. The van der Waals surface area contributed by atoms with Gasteiger partial charge in [-0.05, 0) is 47.0 Å². The van der Waals surface area contributed by atoms with Gasteiger partial charge in [-0.2, -0.15) is 0 Å². The number of imidazole rings is 1. The Kier molecular flexibility index (Phi) is 4.53. The van der Waals surface area contributed by atoms with Gasteiger partial charge in [0.1, 0.15) is 11.4 Å². The number of hydrogen-bond acceptors (Lipinski definition) is 5. The molecule has 0 aliphatic carbocycles. The topological polar surface area (TPSA) is 110 Å². The molecule has 0 spiro atoms. The highest BCUT2D eigenvalue weighted by Gasteiger charge is 2.48. The smallest absolute Gasteiger partial charge is 0.322 e. The zero-order chi connectivity index (χ0) is 24.2. The molecule has 2 aromatic carbocycles. The fourth-order valence-electron chi connectivity index (χ4n) is 4.66. The van der Waals surface area contributed by atoms with Crippen molar-refractivity contribution in [3.63, 3.8) is 0 Å². The number of nitrogens with zero attached hydrogens (tertiary/aromatic N) is 3. The van der Waals surface area contributed by atoms with Gasteiger partial charge in [-0.25, -0.2) is 9.78 Å². The quantitative estimate of drug-likeness (QED) is 0.343. The molecule has 4 heterocycles. The molecular formula is C26H21N5O4. The summed E-state index contributed by atoms with van der Waals surface area (Å²) in [6.45, 7) is 0.00768. The Morgan fingerprint density at radius 1 is 1.03 bits per heavy atom. The molecule has 9 nitrogen and oxygen atoms in total. The summed E-state index contributed by atoms with van der Waals surface area (Å²) in [6, 6.07) is 16.1. The van der Waals surface area contributed by atoms with E-state index in [1.807, 2.05) is 59.3 Å². The number of urea groups is 1. The summed E-state index contributed by atoms with van der Waals surface area (Å²) in [5.74, 6) is 0.110.